The maximum absolute atomic E-state index is 12.9. The minimum atomic E-state index is -0.774. The zero-order valence-electron chi connectivity index (χ0n) is 51.3. The maximum atomic E-state index is 12.9. The molecule has 0 radical (unpaired) electrons. The molecule has 76 heavy (non-hydrogen) atoms. The Bertz CT molecular complexity index is 1270. The first-order valence-electron chi connectivity index (χ1n) is 34.0. The van der Waals surface area contributed by atoms with E-state index in [1.807, 2.05) is 0 Å². The highest BCUT2D eigenvalue weighted by atomic mass is 16.6. The lowest BCUT2D eigenvalue weighted by Gasteiger charge is -2.18. The van der Waals surface area contributed by atoms with E-state index in [2.05, 4.69) is 57.2 Å². The van der Waals surface area contributed by atoms with E-state index in [1.165, 1.54) is 263 Å². The van der Waals surface area contributed by atoms with Gasteiger partial charge in [-0.1, -0.05) is 314 Å². The van der Waals surface area contributed by atoms with Gasteiger partial charge in [0.25, 0.3) is 0 Å². The average Bonchev–Trinajstić information content (AvgIpc) is 3.42. The smallest absolute Gasteiger partial charge is 0.306 e. The van der Waals surface area contributed by atoms with Crippen molar-refractivity contribution in [2.75, 3.05) is 13.2 Å². The lowest BCUT2D eigenvalue weighted by Crippen LogP contribution is -2.30. The van der Waals surface area contributed by atoms with Crippen LogP contribution < -0.4 is 0 Å². The van der Waals surface area contributed by atoms with E-state index >= 15 is 0 Å². The van der Waals surface area contributed by atoms with E-state index in [0.29, 0.717) is 19.3 Å². The third-order valence-electron chi connectivity index (χ3n) is 15.4. The molecule has 0 heterocycles. The highest BCUT2D eigenvalue weighted by Crippen LogP contribution is 2.18. The molecular formula is C70H130O6. The second-order valence-electron chi connectivity index (χ2n) is 23.1. The highest BCUT2D eigenvalue weighted by Gasteiger charge is 2.19. The lowest BCUT2D eigenvalue weighted by atomic mass is 10.0. The molecule has 0 aliphatic heterocycles. The monoisotopic (exact) mass is 1070 g/mol. The van der Waals surface area contributed by atoms with Gasteiger partial charge in [-0.2, -0.15) is 0 Å². The number of rotatable bonds is 63. The minimum Gasteiger partial charge on any atom is -0.462 e. The number of carbonyl (C=O) groups is 3. The van der Waals surface area contributed by atoms with Crippen LogP contribution in [0, 0.1) is 0 Å². The third kappa shape index (κ3) is 62.5. The quantitative estimate of drug-likeness (QED) is 0.0261. The molecule has 6 heteroatoms. The van der Waals surface area contributed by atoms with Crippen LogP contribution in [-0.4, -0.2) is 37.2 Å². The Morgan fingerprint density at radius 3 is 0.763 bits per heavy atom. The van der Waals surface area contributed by atoms with Crippen LogP contribution in [-0.2, 0) is 28.6 Å². The van der Waals surface area contributed by atoms with E-state index < -0.39 is 6.10 Å². The molecule has 1 unspecified atom stereocenters. The molecule has 0 aromatic rings. The van der Waals surface area contributed by atoms with Gasteiger partial charge in [-0.3, -0.25) is 14.4 Å². The number of allylic oxidation sites excluding steroid dienone is 6. The largest absolute Gasteiger partial charge is 0.462 e. The van der Waals surface area contributed by atoms with Gasteiger partial charge in [-0.05, 0) is 77.0 Å². The van der Waals surface area contributed by atoms with Gasteiger partial charge in [0.2, 0.25) is 0 Å². The molecule has 0 amide bonds. The van der Waals surface area contributed by atoms with Crippen molar-refractivity contribution in [1.29, 1.82) is 0 Å². The topological polar surface area (TPSA) is 78.9 Å². The summed E-state index contributed by atoms with van der Waals surface area (Å²) in [5.74, 6) is -0.851. The Morgan fingerprint density at radius 2 is 0.474 bits per heavy atom. The van der Waals surface area contributed by atoms with E-state index in [0.717, 1.165) is 70.6 Å². The first kappa shape index (κ1) is 73.6. The molecule has 0 aromatic heterocycles. The van der Waals surface area contributed by atoms with Gasteiger partial charge in [0.1, 0.15) is 13.2 Å². The fourth-order valence-electron chi connectivity index (χ4n) is 10.2. The highest BCUT2D eigenvalue weighted by molar-refractivity contribution is 5.71. The molecule has 0 bridgehead atoms. The number of hydrogen-bond donors (Lipinski definition) is 0. The maximum Gasteiger partial charge on any atom is 0.306 e. The summed E-state index contributed by atoms with van der Waals surface area (Å²) in [6.45, 7) is 6.68. The van der Waals surface area contributed by atoms with Gasteiger partial charge < -0.3 is 14.2 Å². The van der Waals surface area contributed by atoms with Gasteiger partial charge in [0, 0.05) is 19.3 Å². The summed E-state index contributed by atoms with van der Waals surface area (Å²) in [4.78, 5) is 38.4. The molecule has 0 aromatic carbocycles. The summed E-state index contributed by atoms with van der Waals surface area (Å²) in [5.41, 5.74) is 0. The number of ether oxygens (including phenoxy) is 3. The number of esters is 3. The molecule has 0 saturated carbocycles. The summed E-state index contributed by atoms with van der Waals surface area (Å²) < 4.78 is 17.0. The van der Waals surface area contributed by atoms with Crippen molar-refractivity contribution < 1.29 is 28.6 Å². The zero-order valence-corrected chi connectivity index (χ0v) is 51.3. The van der Waals surface area contributed by atoms with Gasteiger partial charge in [-0.15, -0.1) is 0 Å². The normalized spacial score (nSPS) is 12.2. The Morgan fingerprint density at radius 1 is 0.263 bits per heavy atom. The first-order valence-corrected chi connectivity index (χ1v) is 34.0. The van der Waals surface area contributed by atoms with E-state index in [-0.39, 0.29) is 31.1 Å². The average molecular weight is 1070 g/mol. The first-order chi connectivity index (χ1) is 37.5. The fraction of sp³-hybridized carbons (Fsp3) is 0.871. The van der Waals surface area contributed by atoms with E-state index in [9.17, 15) is 14.4 Å². The van der Waals surface area contributed by atoms with Crippen LogP contribution in [0.4, 0.5) is 0 Å². The molecule has 0 saturated heterocycles. The van der Waals surface area contributed by atoms with Gasteiger partial charge in [0.05, 0.1) is 0 Å². The van der Waals surface area contributed by atoms with Crippen LogP contribution in [0.2, 0.25) is 0 Å². The van der Waals surface area contributed by atoms with Gasteiger partial charge in [-0.25, -0.2) is 0 Å². The second-order valence-corrected chi connectivity index (χ2v) is 23.1. The summed E-state index contributed by atoms with van der Waals surface area (Å²) in [5, 5.41) is 0. The fourth-order valence-corrected chi connectivity index (χ4v) is 10.2. The molecule has 6 nitrogen and oxygen atoms in total. The van der Waals surface area contributed by atoms with Crippen molar-refractivity contribution in [2.45, 2.75) is 380 Å². The van der Waals surface area contributed by atoms with Crippen LogP contribution in [0.15, 0.2) is 36.5 Å². The van der Waals surface area contributed by atoms with Crippen molar-refractivity contribution in [1.82, 2.24) is 0 Å². The summed E-state index contributed by atoms with van der Waals surface area (Å²) in [6, 6.07) is 0. The summed E-state index contributed by atoms with van der Waals surface area (Å²) >= 11 is 0. The van der Waals surface area contributed by atoms with Crippen LogP contribution in [0.3, 0.4) is 0 Å². The number of hydrogen-bond acceptors (Lipinski definition) is 6. The van der Waals surface area contributed by atoms with E-state index in [1.54, 1.807) is 0 Å². The van der Waals surface area contributed by atoms with Crippen molar-refractivity contribution in [3.05, 3.63) is 36.5 Å². The lowest BCUT2D eigenvalue weighted by molar-refractivity contribution is -0.167. The van der Waals surface area contributed by atoms with Crippen LogP contribution in [0.25, 0.3) is 0 Å². The SMILES string of the molecule is CCCCC/C=C\C/C=C\CCCCCCCCCC(=O)OC(COC(=O)CCCCCCCCCCCCCCC/C=C\CCCCCCCCCC)COC(=O)CCCCCCCCCCCCCCCCCC. The summed E-state index contributed by atoms with van der Waals surface area (Å²) in [7, 11) is 0. The standard InChI is InChI=1S/C70H130O6/c1-4-7-10-13-16-19-22-25-28-31-32-33-34-35-36-37-38-40-42-45-48-51-54-57-60-63-69(72)75-66-67(65-74-68(71)62-59-56-53-50-47-44-41-30-27-24-21-18-15-12-9-6-3)76-70(73)64-61-58-55-52-49-46-43-39-29-26-23-20-17-14-11-8-5-2/h17,20,26,29,31-32,67H,4-16,18-19,21-25,27-28,30,33-66H2,1-3H3/b20-17-,29-26-,32-31-. The van der Waals surface area contributed by atoms with Crippen molar-refractivity contribution in [2.24, 2.45) is 0 Å². The van der Waals surface area contributed by atoms with Gasteiger partial charge in [0.15, 0.2) is 6.10 Å². The Hall–Kier alpha value is -2.37. The number of carbonyl (C=O) groups excluding carboxylic acids is 3. The Kier molecular flexibility index (Phi) is 63.1. The third-order valence-corrected chi connectivity index (χ3v) is 15.4. The van der Waals surface area contributed by atoms with Crippen LogP contribution in [0.5, 0.6) is 0 Å². The molecule has 0 aliphatic carbocycles. The second kappa shape index (κ2) is 65.2. The molecular weight excluding hydrogens is 937 g/mol. The molecule has 1 atom stereocenters. The minimum absolute atomic E-state index is 0.0705. The Labute approximate surface area is 474 Å². The van der Waals surface area contributed by atoms with Crippen molar-refractivity contribution in [3.8, 4) is 0 Å². The molecule has 0 fully saturated rings. The summed E-state index contributed by atoms with van der Waals surface area (Å²) in [6.07, 6.45) is 80.2. The zero-order chi connectivity index (χ0) is 55.0. The number of unbranched alkanes of at least 4 members (excludes halogenated alkanes) is 46. The Balaban J connectivity index is 4.27. The molecule has 0 N–H and O–H groups in total. The van der Waals surface area contributed by atoms with Crippen LogP contribution in [0.1, 0.15) is 374 Å². The van der Waals surface area contributed by atoms with Crippen molar-refractivity contribution in [3.63, 3.8) is 0 Å². The molecule has 446 valence electrons. The van der Waals surface area contributed by atoms with E-state index in [4.69, 9.17) is 14.2 Å². The molecule has 0 aliphatic rings. The molecule has 0 rings (SSSR count). The molecule has 0 spiro atoms. The van der Waals surface area contributed by atoms with Crippen molar-refractivity contribution >= 4 is 17.9 Å². The van der Waals surface area contributed by atoms with Gasteiger partial charge >= 0.3 is 17.9 Å². The predicted octanol–water partition coefficient (Wildman–Crippen LogP) is 23.2. The predicted molar refractivity (Wildman–Crippen MR) is 330 cm³/mol. The van der Waals surface area contributed by atoms with Crippen LogP contribution >= 0.6 is 0 Å².